The first-order valence-corrected chi connectivity index (χ1v) is 4.38. The van der Waals surface area contributed by atoms with Crippen molar-refractivity contribution in [2.24, 2.45) is 0 Å². The van der Waals surface area contributed by atoms with Crippen LogP contribution in [0.2, 0.25) is 0 Å². The van der Waals surface area contributed by atoms with E-state index in [1.807, 2.05) is 0 Å². The molecule has 5 heteroatoms. The molecular formula is C5H4BrNO3. The summed E-state index contributed by atoms with van der Waals surface area (Å²) < 4.78 is 24.3. The lowest BCUT2D eigenvalue weighted by Gasteiger charge is -1.90. The average Bonchev–Trinajstić information content (AvgIpc) is 1.88. The van der Waals surface area contributed by atoms with Crippen LogP contribution in [0.15, 0.2) is 24.4 Å². The standard InChI is InChI=1S/C5H4BrNO3/c8-6(9)10-5-3-1-2-4-7-5/h1-4H. The Kier molecular flexibility index (Phi) is 2.61. The van der Waals surface area contributed by atoms with Crippen molar-refractivity contribution in [3.63, 3.8) is 0 Å². The predicted octanol–water partition coefficient (Wildman–Crippen LogP) is -1.45. The van der Waals surface area contributed by atoms with E-state index in [1.54, 1.807) is 12.1 Å². The topological polar surface area (TPSA) is 68.2 Å². The molecule has 0 aromatic carbocycles. The summed E-state index contributed by atoms with van der Waals surface area (Å²) in [6.45, 7) is 0. The zero-order valence-electron chi connectivity index (χ0n) is 4.86. The summed E-state index contributed by atoms with van der Waals surface area (Å²) in [4.78, 5) is 3.62. The van der Waals surface area contributed by atoms with Crippen molar-refractivity contribution in [2.45, 2.75) is 0 Å². The minimum absolute atomic E-state index is 0.113. The molecule has 4 nitrogen and oxygen atoms in total. The van der Waals surface area contributed by atoms with Crippen molar-refractivity contribution < 1.29 is 27.0 Å². The maximum atomic E-state index is 9.98. The monoisotopic (exact) mass is 205 g/mol. The molecule has 1 aromatic rings. The fourth-order valence-electron chi connectivity index (χ4n) is 0.457. The molecule has 0 N–H and O–H groups in total. The van der Waals surface area contributed by atoms with E-state index in [1.165, 1.54) is 12.3 Å². The lowest BCUT2D eigenvalue weighted by Crippen LogP contribution is -2.37. The Morgan fingerprint density at radius 3 is 2.70 bits per heavy atom. The highest BCUT2D eigenvalue weighted by molar-refractivity contribution is 5.07. The Labute approximate surface area is 62.9 Å². The Hall–Kier alpha value is -0.650. The lowest BCUT2D eigenvalue weighted by atomic mass is 10.5. The van der Waals surface area contributed by atoms with Gasteiger partial charge >= 0.3 is 20.7 Å². The van der Waals surface area contributed by atoms with Crippen molar-refractivity contribution in [1.82, 2.24) is 4.98 Å². The van der Waals surface area contributed by atoms with Crippen LogP contribution in [0.3, 0.4) is 0 Å². The number of hydrogen-bond donors (Lipinski definition) is 0. The molecule has 0 saturated carbocycles. The third-order valence-electron chi connectivity index (χ3n) is 0.780. The summed E-state index contributed by atoms with van der Waals surface area (Å²) in [5.74, 6) is 0.113. The molecule has 0 amide bonds. The van der Waals surface area contributed by atoms with Crippen molar-refractivity contribution >= 4 is 0 Å². The van der Waals surface area contributed by atoms with E-state index in [0.29, 0.717) is 0 Å². The van der Waals surface area contributed by atoms with Gasteiger partial charge in [-0.2, -0.15) is 0 Å². The highest BCUT2D eigenvalue weighted by Gasteiger charge is 2.11. The van der Waals surface area contributed by atoms with Gasteiger partial charge in [-0.1, -0.05) is 6.07 Å². The van der Waals surface area contributed by atoms with E-state index in [9.17, 15) is 8.40 Å². The second kappa shape index (κ2) is 3.50. The maximum absolute atomic E-state index is 9.98. The minimum Gasteiger partial charge on any atom is -0.361 e. The van der Waals surface area contributed by atoms with Crippen molar-refractivity contribution in [2.75, 3.05) is 0 Å². The van der Waals surface area contributed by atoms with Crippen molar-refractivity contribution in [1.29, 1.82) is 0 Å². The van der Waals surface area contributed by atoms with Gasteiger partial charge in [0.2, 0.25) is 0 Å². The zero-order chi connectivity index (χ0) is 7.40. The summed E-state index contributed by atoms with van der Waals surface area (Å²) in [6.07, 6.45) is 1.46. The summed E-state index contributed by atoms with van der Waals surface area (Å²) >= 11 is -3.17. The van der Waals surface area contributed by atoms with Gasteiger partial charge < -0.3 is 8.40 Å². The van der Waals surface area contributed by atoms with E-state index in [0.717, 1.165) is 0 Å². The third kappa shape index (κ3) is 2.30. The molecule has 0 aliphatic carbocycles. The summed E-state index contributed by atoms with van der Waals surface area (Å²) in [6, 6.07) is 4.80. The fourth-order valence-corrected chi connectivity index (χ4v) is 0.920. The summed E-state index contributed by atoms with van der Waals surface area (Å²) in [5, 5.41) is 0. The predicted molar refractivity (Wildman–Crippen MR) is 24.9 cm³/mol. The van der Waals surface area contributed by atoms with E-state index in [4.69, 9.17) is 0 Å². The third-order valence-corrected chi connectivity index (χ3v) is 1.38. The van der Waals surface area contributed by atoms with Crippen molar-refractivity contribution in [3.8, 4) is 5.88 Å². The number of hydrogen-bond acceptors (Lipinski definition) is 4. The number of nitrogens with zero attached hydrogens (tertiary/aromatic N) is 1. The molecule has 10 heavy (non-hydrogen) atoms. The molecule has 0 bridgehead atoms. The molecule has 0 aliphatic rings. The second-order valence-electron chi connectivity index (χ2n) is 1.43. The van der Waals surface area contributed by atoms with E-state index >= 15 is 0 Å². The molecule has 1 aromatic heterocycles. The minimum atomic E-state index is -3.17. The quantitative estimate of drug-likeness (QED) is 0.593. The van der Waals surface area contributed by atoms with Crippen LogP contribution in [0.25, 0.3) is 0 Å². The Morgan fingerprint density at radius 2 is 2.20 bits per heavy atom. The van der Waals surface area contributed by atoms with Crippen LogP contribution in [0.4, 0.5) is 0 Å². The molecule has 54 valence electrons. The van der Waals surface area contributed by atoms with Crippen LogP contribution in [-0.2, 0) is 0 Å². The van der Waals surface area contributed by atoms with Crippen LogP contribution in [0, 0.1) is 14.8 Å². The maximum Gasteiger partial charge on any atom is 0.503 e. The van der Waals surface area contributed by atoms with Gasteiger partial charge in [0, 0.05) is 12.3 Å². The first-order chi connectivity index (χ1) is 4.79. The SMILES string of the molecule is [O-][Br+2]([O-])Oc1ccccn1. The van der Waals surface area contributed by atoms with Gasteiger partial charge in [-0.25, -0.2) is 4.98 Å². The number of halogens is 1. The lowest BCUT2D eigenvalue weighted by molar-refractivity contribution is -1.62. The fraction of sp³-hybridized carbons (Fsp3) is 0. The van der Waals surface area contributed by atoms with Gasteiger partial charge in [-0.05, 0) is 6.07 Å². The normalized spacial score (nSPS) is 9.90. The molecule has 1 heterocycles. The first-order valence-electron chi connectivity index (χ1n) is 2.44. The van der Waals surface area contributed by atoms with Gasteiger partial charge in [0.05, 0.1) is 0 Å². The number of rotatable bonds is 2. The molecule has 0 atom stereocenters. The first kappa shape index (κ1) is 7.46. The summed E-state index contributed by atoms with van der Waals surface area (Å²) in [5.41, 5.74) is 0. The Bertz CT molecular complexity index is 191. The van der Waals surface area contributed by atoms with Crippen LogP contribution >= 0.6 is 0 Å². The van der Waals surface area contributed by atoms with Crippen molar-refractivity contribution in [3.05, 3.63) is 24.4 Å². The molecule has 0 aliphatic heterocycles. The highest BCUT2D eigenvalue weighted by Crippen LogP contribution is 2.02. The van der Waals surface area contributed by atoms with Crippen LogP contribution in [-0.4, -0.2) is 4.98 Å². The van der Waals surface area contributed by atoms with E-state index in [2.05, 4.69) is 8.81 Å². The van der Waals surface area contributed by atoms with Crippen LogP contribution < -0.4 is 12.2 Å². The van der Waals surface area contributed by atoms with E-state index < -0.39 is 14.8 Å². The Balaban J connectivity index is 2.59. The van der Waals surface area contributed by atoms with Crippen LogP contribution in [0.5, 0.6) is 5.88 Å². The molecule has 0 radical (unpaired) electrons. The number of aromatic nitrogens is 1. The van der Waals surface area contributed by atoms with Gasteiger partial charge in [0.25, 0.3) is 0 Å². The second-order valence-corrected chi connectivity index (χ2v) is 2.55. The van der Waals surface area contributed by atoms with Gasteiger partial charge in [0.1, 0.15) is 0 Å². The van der Waals surface area contributed by atoms with Gasteiger partial charge in [0.15, 0.2) is 0 Å². The Morgan fingerprint density at radius 1 is 1.40 bits per heavy atom. The molecule has 0 saturated heterocycles. The highest BCUT2D eigenvalue weighted by atomic mass is 80.0. The molecule has 0 fully saturated rings. The molecule has 0 unspecified atom stereocenters. The smallest absolute Gasteiger partial charge is 0.361 e. The average molecular weight is 206 g/mol. The van der Waals surface area contributed by atoms with Crippen LogP contribution in [0.1, 0.15) is 0 Å². The molecule has 1 rings (SSSR count). The zero-order valence-corrected chi connectivity index (χ0v) is 6.45. The van der Waals surface area contributed by atoms with Gasteiger partial charge in [-0.15, -0.1) is 3.83 Å². The number of pyridine rings is 1. The molecule has 0 spiro atoms. The van der Waals surface area contributed by atoms with E-state index in [-0.39, 0.29) is 5.88 Å². The molecular weight excluding hydrogens is 202 g/mol. The van der Waals surface area contributed by atoms with Gasteiger partial charge in [-0.3, -0.25) is 0 Å². The largest absolute Gasteiger partial charge is 0.503 e. The summed E-state index contributed by atoms with van der Waals surface area (Å²) in [7, 11) is 0.